The van der Waals surface area contributed by atoms with Gasteiger partial charge in [-0.3, -0.25) is 10.1 Å². The Kier molecular flexibility index (Phi) is 8.05. The number of likely N-dealkylation sites (tertiary alicyclic amines) is 1. The standard InChI is InChI=1S/C23H27BrClN5O7S/c1-23(2,3)37-22(31)29-10-15(11-29)14-8-17(24)19(18(9-14)30(32)33)36-12-16-20(25)26-13-27-21(16)28-4-6-38(34,35)7-5-28/h8-9,13,15H,4-7,10-12H2,1-3H3. The molecule has 0 N–H and O–H groups in total. The molecular weight excluding hydrogens is 606 g/mol. The number of aromatic nitrogens is 2. The van der Waals surface area contributed by atoms with Crippen LogP contribution in [0.4, 0.5) is 16.3 Å². The van der Waals surface area contributed by atoms with Crippen LogP contribution in [0.15, 0.2) is 22.9 Å². The Labute approximate surface area is 233 Å². The van der Waals surface area contributed by atoms with E-state index in [0.717, 1.165) is 0 Å². The molecule has 3 heterocycles. The third kappa shape index (κ3) is 6.46. The van der Waals surface area contributed by atoms with Crippen molar-refractivity contribution < 1.29 is 27.6 Å². The number of nitro benzene ring substituents is 1. The number of ether oxygens (including phenoxy) is 2. The van der Waals surface area contributed by atoms with E-state index in [9.17, 15) is 23.3 Å². The predicted octanol–water partition coefficient (Wildman–Crippen LogP) is 3.95. The number of nitro groups is 1. The van der Waals surface area contributed by atoms with Crippen molar-refractivity contribution in [2.24, 2.45) is 0 Å². The molecular formula is C23H27BrClN5O7S. The molecule has 2 fully saturated rings. The summed E-state index contributed by atoms with van der Waals surface area (Å²) >= 11 is 9.72. The van der Waals surface area contributed by atoms with Gasteiger partial charge in [0.05, 0.1) is 26.5 Å². The van der Waals surface area contributed by atoms with Gasteiger partial charge in [-0.1, -0.05) is 11.6 Å². The zero-order valence-electron chi connectivity index (χ0n) is 21.0. The monoisotopic (exact) mass is 631 g/mol. The van der Waals surface area contributed by atoms with Crippen molar-refractivity contribution >= 4 is 55.0 Å². The summed E-state index contributed by atoms with van der Waals surface area (Å²) in [5, 5.41) is 12.0. The molecule has 0 spiro atoms. The van der Waals surface area contributed by atoms with Gasteiger partial charge in [0.15, 0.2) is 9.84 Å². The van der Waals surface area contributed by atoms with Crippen LogP contribution in [0.2, 0.25) is 5.15 Å². The van der Waals surface area contributed by atoms with Crippen LogP contribution >= 0.6 is 27.5 Å². The molecule has 1 aromatic carbocycles. The molecule has 2 aliphatic heterocycles. The lowest BCUT2D eigenvalue weighted by atomic mass is 9.91. The summed E-state index contributed by atoms with van der Waals surface area (Å²) in [6.45, 7) is 6.43. The highest BCUT2D eigenvalue weighted by atomic mass is 79.9. The molecule has 0 saturated carbocycles. The van der Waals surface area contributed by atoms with E-state index in [1.807, 2.05) is 0 Å². The maximum atomic E-state index is 12.2. The summed E-state index contributed by atoms with van der Waals surface area (Å²) in [7, 11) is -3.11. The average molecular weight is 633 g/mol. The van der Waals surface area contributed by atoms with E-state index in [1.54, 1.807) is 36.6 Å². The van der Waals surface area contributed by atoms with E-state index in [1.165, 1.54) is 12.4 Å². The van der Waals surface area contributed by atoms with Gasteiger partial charge in [-0.2, -0.15) is 0 Å². The highest BCUT2D eigenvalue weighted by molar-refractivity contribution is 9.10. The Bertz CT molecular complexity index is 1350. The minimum Gasteiger partial charge on any atom is -0.481 e. The zero-order chi connectivity index (χ0) is 27.8. The number of hydrogen-bond acceptors (Lipinski definition) is 10. The molecule has 15 heteroatoms. The average Bonchev–Trinajstić information content (AvgIpc) is 2.76. The Balaban J connectivity index is 1.51. The Morgan fingerprint density at radius 1 is 1.24 bits per heavy atom. The molecule has 4 rings (SSSR count). The highest BCUT2D eigenvalue weighted by Gasteiger charge is 2.36. The van der Waals surface area contributed by atoms with Gasteiger partial charge < -0.3 is 19.3 Å². The molecule has 0 atom stereocenters. The summed E-state index contributed by atoms with van der Waals surface area (Å²) < 4.78 is 35.3. The zero-order valence-corrected chi connectivity index (χ0v) is 24.2. The first-order valence-corrected chi connectivity index (χ1v) is 14.8. The van der Waals surface area contributed by atoms with E-state index >= 15 is 0 Å². The third-order valence-corrected chi connectivity index (χ3v) is 8.65. The van der Waals surface area contributed by atoms with Crippen LogP contribution in [0.1, 0.15) is 37.8 Å². The number of benzene rings is 1. The maximum absolute atomic E-state index is 12.2. The summed E-state index contributed by atoms with van der Waals surface area (Å²) in [6, 6.07) is 3.18. The van der Waals surface area contributed by atoms with Gasteiger partial charge in [0.1, 0.15) is 29.5 Å². The minimum absolute atomic E-state index is 0.00848. The number of nitrogens with zero attached hydrogens (tertiary/aromatic N) is 5. The molecule has 12 nitrogen and oxygen atoms in total. The second-order valence-corrected chi connectivity index (χ2v) is 13.6. The molecule has 38 heavy (non-hydrogen) atoms. The number of amides is 1. The lowest BCUT2D eigenvalue weighted by Gasteiger charge is -2.40. The fourth-order valence-electron chi connectivity index (χ4n) is 4.13. The Hall–Kier alpha value is -2.71. The summed E-state index contributed by atoms with van der Waals surface area (Å²) in [5.41, 5.74) is 0.225. The third-order valence-electron chi connectivity index (χ3n) is 6.12. The van der Waals surface area contributed by atoms with Crippen molar-refractivity contribution in [1.29, 1.82) is 0 Å². The van der Waals surface area contributed by atoms with Gasteiger partial charge >= 0.3 is 11.8 Å². The second-order valence-electron chi connectivity index (χ2n) is 10.1. The molecule has 2 aromatic rings. The maximum Gasteiger partial charge on any atom is 0.410 e. The van der Waals surface area contributed by atoms with Crippen LogP contribution in [-0.4, -0.2) is 77.6 Å². The molecule has 0 radical (unpaired) electrons. The van der Waals surface area contributed by atoms with Gasteiger partial charge in [-0.05, 0) is 48.3 Å². The number of halogens is 2. The second kappa shape index (κ2) is 10.8. The molecule has 1 amide bonds. The van der Waals surface area contributed by atoms with E-state index in [2.05, 4.69) is 25.9 Å². The largest absolute Gasteiger partial charge is 0.481 e. The van der Waals surface area contributed by atoms with Gasteiger partial charge in [-0.15, -0.1) is 0 Å². The SMILES string of the molecule is CC(C)(C)OC(=O)N1CC(c2cc(Br)c(OCc3c(Cl)ncnc3N3CCS(=O)(=O)CC3)c([N+](=O)[O-])c2)C1. The van der Waals surface area contributed by atoms with Crippen LogP contribution in [0.3, 0.4) is 0 Å². The van der Waals surface area contributed by atoms with Crippen LogP contribution in [0, 0.1) is 10.1 Å². The Morgan fingerprint density at radius 3 is 2.50 bits per heavy atom. The number of sulfone groups is 1. The molecule has 0 aliphatic carbocycles. The van der Waals surface area contributed by atoms with Crippen molar-refractivity contribution in [3.63, 3.8) is 0 Å². The van der Waals surface area contributed by atoms with Crippen molar-refractivity contribution in [2.45, 2.75) is 38.9 Å². The lowest BCUT2D eigenvalue weighted by Crippen LogP contribution is -2.50. The molecule has 206 valence electrons. The molecule has 0 unspecified atom stereocenters. The van der Waals surface area contributed by atoms with Crippen molar-refractivity contribution in [1.82, 2.24) is 14.9 Å². The number of anilines is 1. The van der Waals surface area contributed by atoms with Gasteiger partial charge in [-0.25, -0.2) is 23.2 Å². The van der Waals surface area contributed by atoms with E-state index in [4.69, 9.17) is 21.1 Å². The Morgan fingerprint density at radius 2 is 1.89 bits per heavy atom. The normalized spacial score (nSPS) is 17.6. The number of rotatable bonds is 6. The van der Waals surface area contributed by atoms with Crippen molar-refractivity contribution in [2.75, 3.05) is 42.6 Å². The predicted molar refractivity (Wildman–Crippen MR) is 144 cm³/mol. The first-order valence-electron chi connectivity index (χ1n) is 11.8. The highest BCUT2D eigenvalue weighted by Crippen LogP contribution is 2.41. The molecule has 0 bridgehead atoms. The van der Waals surface area contributed by atoms with Gasteiger partial charge in [0.2, 0.25) is 5.75 Å². The van der Waals surface area contributed by atoms with Crippen LogP contribution in [-0.2, 0) is 21.2 Å². The van der Waals surface area contributed by atoms with Gasteiger partial charge in [0.25, 0.3) is 0 Å². The van der Waals surface area contributed by atoms with Crippen LogP contribution < -0.4 is 9.64 Å². The van der Waals surface area contributed by atoms with Crippen molar-refractivity contribution in [3.05, 3.63) is 49.3 Å². The fourth-order valence-corrected chi connectivity index (χ4v) is 6.09. The smallest absolute Gasteiger partial charge is 0.410 e. The lowest BCUT2D eigenvalue weighted by molar-refractivity contribution is -0.386. The number of carbonyl (C=O) groups excluding carboxylic acids is 1. The molecule has 1 aromatic heterocycles. The van der Waals surface area contributed by atoms with Crippen molar-refractivity contribution in [3.8, 4) is 5.75 Å². The van der Waals surface area contributed by atoms with Crippen LogP contribution in [0.5, 0.6) is 5.75 Å². The van der Waals surface area contributed by atoms with E-state index in [-0.39, 0.29) is 53.7 Å². The van der Waals surface area contributed by atoms with E-state index < -0.39 is 26.5 Å². The van der Waals surface area contributed by atoms with Crippen LogP contribution in [0.25, 0.3) is 0 Å². The topological polar surface area (TPSA) is 145 Å². The summed E-state index contributed by atoms with van der Waals surface area (Å²) in [6.07, 6.45) is 0.850. The summed E-state index contributed by atoms with van der Waals surface area (Å²) in [5.74, 6) is 0.312. The minimum atomic E-state index is -3.11. The first-order chi connectivity index (χ1) is 17.7. The van der Waals surface area contributed by atoms with Gasteiger partial charge in [0, 0.05) is 38.2 Å². The number of carbonyl (C=O) groups is 1. The van der Waals surface area contributed by atoms with E-state index in [0.29, 0.717) is 34.5 Å². The molecule has 2 aliphatic rings. The quantitative estimate of drug-likeness (QED) is 0.261. The first kappa shape index (κ1) is 28.3. The fraction of sp³-hybridized carbons (Fsp3) is 0.522. The summed E-state index contributed by atoms with van der Waals surface area (Å²) in [4.78, 5) is 35.3. The number of hydrogen-bond donors (Lipinski definition) is 0. The molecule has 2 saturated heterocycles.